The molecule has 2 amide bonds. The number of nitrogens with zero attached hydrogens (tertiary/aromatic N) is 4. The van der Waals surface area contributed by atoms with Crippen molar-refractivity contribution in [3.8, 4) is 11.5 Å². The van der Waals surface area contributed by atoms with E-state index >= 15 is 0 Å². The number of ether oxygens (including phenoxy) is 1. The minimum atomic E-state index is -0.369. The summed E-state index contributed by atoms with van der Waals surface area (Å²) in [6, 6.07) is 18.6. The maximum Gasteiger partial charge on any atom is 0.338 e. The molecule has 4 aromatic rings. The van der Waals surface area contributed by atoms with Gasteiger partial charge in [0.1, 0.15) is 5.69 Å². The third-order valence-electron chi connectivity index (χ3n) is 6.17. The van der Waals surface area contributed by atoms with E-state index in [0.29, 0.717) is 30.9 Å². The monoisotopic (exact) mass is 484 g/mol. The smallest absolute Gasteiger partial charge is 0.338 e. The number of anilines is 1. The highest BCUT2D eigenvalue weighted by molar-refractivity contribution is 5.92. The molecule has 0 atom stereocenters. The highest BCUT2D eigenvalue weighted by Gasteiger charge is 2.21. The fourth-order valence-corrected chi connectivity index (χ4v) is 4.25. The molecule has 2 aromatic heterocycles. The van der Waals surface area contributed by atoms with Gasteiger partial charge in [0.25, 0.3) is 0 Å². The normalized spacial score (nSPS) is 14.1. The summed E-state index contributed by atoms with van der Waals surface area (Å²) in [5.74, 6) is 0.393. The predicted octanol–water partition coefficient (Wildman–Crippen LogP) is 4.15. The summed E-state index contributed by atoms with van der Waals surface area (Å²) < 4.78 is 4.99. The van der Waals surface area contributed by atoms with Gasteiger partial charge in [-0.25, -0.2) is 14.6 Å². The van der Waals surface area contributed by atoms with E-state index in [0.717, 1.165) is 42.2 Å². The molecule has 0 unspecified atom stereocenters. The van der Waals surface area contributed by atoms with Gasteiger partial charge in [-0.3, -0.25) is 9.88 Å². The lowest BCUT2D eigenvalue weighted by atomic mass is 10.1. The number of rotatable bonds is 6. The van der Waals surface area contributed by atoms with Crippen LogP contribution in [-0.4, -0.2) is 69.5 Å². The van der Waals surface area contributed by atoms with Crippen LogP contribution in [0.5, 0.6) is 0 Å². The van der Waals surface area contributed by atoms with Crippen molar-refractivity contribution in [2.24, 2.45) is 0 Å². The molecular formula is C27H28N6O3. The highest BCUT2D eigenvalue weighted by Crippen LogP contribution is 2.21. The van der Waals surface area contributed by atoms with Crippen LogP contribution in [0.1, 0.15) is 22.8 Å². The van der Waals surface area contributed by atoms with Crippen LogP contribution in [0.25, 0.3) is 22.6 Å². The summed E-state index contributed by atoms with van der Waals surface area (Å²) in [5, 5.41) is 2.91. The molecule has 0 aliphatic carbocycles. The number of nitrogens with one attached hydrogen (secondary N) is 2. The Morgan fingerprint density at radius 2 is 1.83 bits per heavy atom. The Kier molecular flexibility index (Phi) is 6.90. The number of piperazine rings is 1. The second kappa shape index (κ2) is 10.6. The molecule has 36 heavy (non-hydrogen) atoms. The first-order valence-corrected chi connectivity index (χ1v) is 12.0. The molecule has 184 valence electrons. The number of carbonyl (C=O) groups excluding carboxylic acids is 2. The van der Waals surface area contributed by atoms with Crippen molar-refractivity contribution >= 4 is 28.7 Å². The van der Waals surface area contributed by atoms with Crippen molar-refractivity contribution in [3.05, 3.63) is 78.0 Å². The highest BCUT2D eigenvalue weighted by atomic mass is 16.5. The SMILES string of the molecule is CCOC(=O)c1ccc(NC(=O)N2CCN(Cc3ccc4nc(-c5ccccn5)[nH]c4c3)CC2)cc1. The van der Waals surface area contributed by atoms with Crippen LogP contribution in [0.15, 0.2) is 66.9 Å². The fraction of sp³-hybridized carbons (Fsp3) is 0.259. The van der Waals surface area contributed by atoms with Gasteiger partial charge in [-0.2, -0.15) is 0 Å². The molecule has 1 aliphatic heterocycles. The van der Waals surface area contributed by atoms with E-state index in [1.54, 1.807) is 37.4 Å². The topological polar surface area (TPSA) is 103 Å². The Morgan fingerprint density at radius 3 is 2.56 bits per heavy atom. The molecule has 5 rings (SSSR count). The lowest BCUT2D eigenvalue weighted by Crippen LogP contribution is -2.49. The number of urea groups is 1. The molecule has 1 aliphatic rings. The van der Waals surface area contributed by atoms with Gasteiger partial charge in [0.15, 0.2) is 5.82 Å². The molecule has 0 bridgehead atoms. The van der Waals surface area contributed by atoms with Gasteiger partial charge in [-0.15, -0.1) is 0 Å². The van der Waals surface area contributed by atoms with Crippen molar-refractivity contribution in [2.45, 2.75) is 13.5 Å². The van der Waals surface area contributed by atoms with E-state index in [2.05, 4.69) is 37.3 Å². The minimum absolute atomic E-state index is 0.139. The van der Waals surface area contributed by atoms with Gasteiger partial charge in [0, 0.05) is 44.6 Å². The van der Waals surface area contributed by atoms with Crippen LogP contribution < -0.4 is 5.32 Å². The van der Waals surface area contributed by atoms with Gasteiger partial charge >= 0.3 is 12.0 Å². The van der Waals surface area contributed by atoms with E-state index < -0.39 is 0 Å². The predicted molar refractivity (Wildman–Crippen MR) is 138 cm³/mol. The second-order valence-electron chi connectivity index (χ2n) is 8.64. The number of pyridine rings is 1. The van der Waals surface area contributed by atoms with Crippen LogP contribution in [0.4, 0.5) is 10.5 Å². The first-order chi connectivity index (χ1) is 17.6. The van der Waals surface area contributed by atoms with Crippen molar-refractivity contribution in [1.29, 1.82) is 0 Å². The number of aromatic amines is 1. The van der Waals surface area contributed by atoms with Crippen LogP contribution in [0.3, 0.4) is 0 Å². The number of benzene rings is 2. The number of H-pyrrole nitrogens is 1. The number of aromatic nitrogens is 3. The average Bonchev–Trinajstić information content (AvgIpc) is 3.34. The number of hydrogen-bond acceptors (Lipinski definition) is 6. The standard InChI is InChI=1S/C27H28N6O3/c1-2-36-26(34)20-7-9-21(10-8-20)29-27(35)33-15-13-32(14-16-33)18-19-6-11-22-24(17-19)31-25(30-22)23-5-3-4-12-28-23/h3-12,17H,2,13-16,18H2,1H3,(H,29,35)(H,30,31). The lowest BCUT2D eigenvalue weighted by molar-refractivity contribution is 0.0526. The average molecular weight is 485 g/mol. The van der Waals surface area contributed by atoms with Gasteiger partial charge in [0.05, 0.1) is 23.2 Å². The Balaban J connectivity index is 1.14. The van der Waals surface area contributed by atoms with E-state index in [1.807, 2.05) is 29.2 Å². The molecular weight excluding hydrogens is 456 g/mol. The number of amides is 2. The largest absolute Gasteiger partial charge is 0.462 e. The van der Waals surface area contributed by atoms with Crippen LogP contribution in [0, 0.1) is 0 Å². The summed E-state index contributed by atoms with van der Waals surface area (Å²) >= 11 is 0. The van der Waals surface area contributed by atoms with Crippen LogP contribution >= 0.6 is 0 Å². The van der Waals surface area contributed by atoms with Crippen LogP contribution in [0.2, 0.25) is 0 Å². The molecule has 2 N–H and O–H groups in total. The lowest BCUT2D eigenvalue weighted by Gasteiger charge is -2.34. The molecule has 2 aromatic carbocycles. The zero-order chi connectivity index (χ0) is 24.9. The molecule has 1 fully saturated rings. The second-order valence-corrected chi connectivity index (χ2v) is 8.64. The van der Waals surface area contributed by atoms with Crippen molar-refractivity contribution in [3.63, 3.8) is 0 Å². The Labute approximate surface area is 209 Å². The Bertz CT molecular complexity index is 1350. The Morgan fingerprint density at radius 1 is 1.03 bits per heavy atom. The van der Waals surface area contributed by atoms with Crippen molar-refractivity contribution in [2.75, 3.05) is 38.1 Å². The molecule has 0 spiro atoms. The summed E-state index contributed by atoms with van der Waals surface area (Å²) in [6.07, 6.45) is 1.76. The third-order valence-corrected chi connectivity index (χ3v) is 6.17. The molecule has 1 saturated heterocycles. The van der Waals surface area contributed by atoms with E-state index in [-0.39, 0.29) is 12.0 Å². The maximum absolute atomic E-state index is 12.7. The number of fused-ring (bicyclic) bond motifs is 1. The molecule has 0 radical (unpaired) electrons. The van der Waals surface area contributed by atoms with Crippen molar-refractivity contribution in [1.82, 2.24) is 24.8 Å². The Hall–Kier alpha value is -4.24. The third kappa shape index (κ3) is 5.36. The number of imidazole rings is 1. The maximum atomic E-state index is 12.7. The van der Waals surface area contributed by atoms with Gasteiger partial charge in [0.2, 0.25) is 0 Å². The molecule has 9 nitrogen and oxygen atoms in total. The fourth-order valence-electron chi connectivity index (χ4n) is 4.25. The van der Waals surface area contributed by atoms with Crippen LogP contribution in [-0.2, 0) is 11.3 Å². The van der Waals surface area contributed by atoms with Gasteiger partial charge in [-0.1, -0.05) is 12.1 Å². The number of hydrogen-bond donors (Lipinski definition) is 2. The summed E-state index contributed by atoms with van der Waals surface area (Å²) in [7, 11) is 0. The number of carbonyl (C=O) groups is 2. The quantitative estimate of drug-likeness (QED) is 0.399. The summed E-state index contributed by atoms with van der Waals surface area (Å²) in [5.41, 5.74) is 5.02. The van der Waals surface area contributed by atoms with E-state index in [4.69, 9.17) is 4.74 Å². The number of esters is 1. The van der Waals surface area contributed by atoms with Gasteiger partial charge < -0.3 is 19.9 Å². The van der Waals surface area contributed by atoms with E-state index in [9.17, 15) is 9.59 Å². The summed E-state index contributed by atoms with van der Waals surface area (Å²) in [4.78, 5) is 41.0. The summed E-state index contributed by atoms with van der Waals surface area (Å²) in [6.45, 7) is 5.76. The minimum Gasteiger partial charge on any atom is -0.462 e. The van der Waals surface area contributed by atoms with Gasteiger partial charge in [-0.05, 0) is 61.0 Å². The first-order valence-electron chi connectivity index (χ1n) is 12.0. The first kappa shape index (κ1) is 23.5. The molecule has 3 heterocycles. The molecule has 9 heteroatoms. The van der Waals surface area contributed by atoms with E-state index in [1.165, 1.54) is 5.56 Å². The zero-order valence-corrected chi connectivity index (χ0v) is 20.1. The molecule has 0 saturated carbocycles. The zero-order valence-electron chi connectivity index (χ0n) is 20.1. The van der Waals surface area contributed by atoms with Crippen molar-refractivity contribution < 1.29 is 14.3 Å².